The Labute approximate surface area is 116 Å². The molecule has 0 spiro atoms. The first-order chi connectivity index (χ1) is 8.84. The molecule has 1 fully saturated rings. The Morgan fingerprint density at radius 1 is 1.28 bits per heavy atom. The highest BCUT2D eigenvalue weighted by atomic mass is 32.2. The van der Waals surface area contributed by atoms with Gasteiger partial charge in [0.2, 0.25) is 0 Å². The number of thiophene rings is 1. The molecule has 1 nitrogen and oxygen atoms in total. The van der Waals surface area contributed by atoms with E-state index in [1.165, 1.54) is 40.7 Å². The van der Waals surface area contributed by atoms with Crippen LogP contribution in [0.1, 0.15) is 24.8 Å². The Hall–Kier alpha value is -0.510. The lowest BCUT2D eigenvalue weighted by Gasteiger charge is -2.26. The minimum Gasteiger partial charge on any atom is -0.392 e. The Bertz CT molecular complexity index is 514. The van der Waals surface area contributed by atoms with E-state index in [0.717, 1.165) is 6.42 Å². The van der Waals surface area contributed by atoms with Gasteiger partial charge in [0.25, 0.3) is 0 Å². The molecule has 1 aromatic heterocycles. The van der Waals surface area contributed by atoms with E-state index in [9.17, 15) is 5.11 Å². The van der Waals surface area contributed by atoms with E-state index >= 15 is 0 Å². The third-order valence-corrected chi connectivity index (χ3v) is 6.15. The third-order valence-electron chi connectivity index (χ3n) is 3.63. The number of thioether (sulfide) groups is 1. The van der Waals surface area contributed by atoms with Crippen LogP contribution < -0.4 is 0 Å². The Balaban J connectivity index is 1.75. The van der Waals surface area contributed by atoms with Gasteiger partial charge in [-0.1, -0.05) is 24.6 Å². The molecule has 2 atom stereocenters. The zero-order valence-corrected chi connectivity index (χ0v) is 12.0. The van der Waals surface area contributed by atoms with Crippen LogP contribution >= 0.6 is 23.1 Å². The van der Waals surface area contributed by atoms with Gasteiger partial charge in [0.05, 0.1) is 6.10 Å². The molecule has 1 aliphatic rings. The van der Waals surface area contributed by atoms with Crippen molar-refractivity contribution >= 4 is 33.2 Å². The van der Waals surface area contributed by atoms with Crippen molar-refractivity contribution in [1.29, 1.82) is 0 Å². The predicted molar refractivity (Wildman–Crippen MR) is 81.6 cm³/mol. The number of fused-ring (bicyclic) bond motifs is 1. The van der Waals surface area contributed by atoms with Crippen molar-refractivity contribution in [2.75, 3.05) is 5.75 Å². The van der Waals surface area contributed by atoms with Crippen molar-refractivity contribution in [2.45, 2.75) is 37.0 Å². The molecule has 1 N–H and O–H groups in total. The van der Waals surface area contributed by atoms with E-state index in [2.05, 4.69) is 29.6 Å². The van der Waals surface area contributed by atoms with Gasteiger partial charge in [-0.05, 0) is 41.0 Å². The molecule has 1 saturated heterocycles. The molecule has 3 rings (SSSR count). The average Bonchev–Trinajstić information content (AvgIpc) is 2.83. The van der Waals surface area contributed by atoms with Crippen molar-refractivity contribution in [3.8, 4) is 0 Å². The molecule has 2 aromatic rings. The summed E-state index contributed by atoms with van der Waals surface area (Å²) in [4.78, 5) is 0. The van der Waals surface area contributed by atoms with Gasteiger partial charge in [-0.15, -0.1) is 11.3 Å². The maximum Gasteiger partial charge on any atom is 0.0699 e. The number of aliphatic hydroxyl groups excluding tert-OH is 1. The fourth-order valence-electron chi connectivity index (χ4n) is 2.62. The van der Waals surface area contributed by atoms with Crippen LogP contribution in [0.5, 0.6) is 0 Å². The lowest BCUT2D eigenvalue weighted by atomic mass is 10.0. The highest BCUT2D eigenvalue weighted by Crippen LogP contribution is 2.32. The zero-order chi connectivity index (χ0) is 12.4. The molecule has 3 heteroatoms. The molecule has 0 aliphatic carbocycles. The first kappa shape index (κ1) is 12.5. The molecule has 0 radical (unpaired) electrons. The third kappa shape index (κ3) is 2.58. The minimum atomic E-state index is -0.187. The Kier molecular flexibility index (Phi) is 3.92. The van der Waals surface area contributed by atoms with Crippen LogP contribution in [0.25, 0.3) is 10.1 Å². The fraction of sp³-hybridized carbons (Fsp3) is 0.467. The van der Waals surface area contributed by atoms with Gasteiger partial charge < -0.3 is 5.11 Å². The van der Waals surface area contributed by atoms with Crippen molar-refractivity contribution < 1.29 is 5.11 Å². The summed E-state index contributed by atoms with van der Waals surface area (Å²) in [6.45, 7) is 0. The lowest BCUT2D eigenvalue weighted by Crippen LogP contribution is -2.27. The number of hydrogen-bond donors (Lipinski definition) is 1. The summed E-state index contributed by atoms with van der Waals surface area (Å²) in [6.07, 6.45) is 4.39. The SMILES string of the molecule is OC(Cc1csc2ccccc12)C1CCCCS1. The molecule has 0 amide bonds. The van der Waals surface area contributed by atoms with Crippen LogP contribution in [0.2, 0.25) is 0 Å². The van der Waals surface area contributed by atoms with Gasteiger partial charge in [0.1, 0.15) is 0 Å². The molecule has 0 saturated carbocycles. The highest BCUT2D eigenvalue weighted by Gasteiger charge is 2.23. The van der Waals surface area contributed by atoms with Crippen LogP contribution in [-0.2, 0) is 6.42 Å². The second-order valence-electron chi connectivity index (χ2n) is 4.93. The monoisotopic (exact) mass is 278 g/mol. The minimum absolute atomic E-state index is 0.187. The molecule has 96 valence electrons. The smallest absolute Gasteiger partial charge is 0.0699 e. The van der Waals surface area contributed by atoms with Crippen LogP contribution in [0.4, 0.5) is 0 Å². The van der Waals surface area contributed by atoms with Gasteiger partial charge in [0.15, 0.2) is 0 Å². The summed E-state index contributed by atoms with van der Waals surface area (Å²) in [5.74, 6) is 1.21. The summed E-state index contributed by atoms with van der Waals surface area (Å²) in [5, 5.41) is 14.4. The maximum atomic E-state index is 10.4. The second-order valence-corrected chi connectivity index (χ2v) is 7.19. The van der Waals surface area contributed by atoms with E-state index in [1.54, 1.807) is 11.3 Å². The molecule has 2 heterocycles. The number of rotatable bonds is 3. The van der Waals surface area contributed by atoms with E-state index in [4.69, 9.17) is 0 Å². The normalized spacial score (nSPS) is 22.2. The molecular weight excluding hydrogens is 260 g/mol. The Morgan fingerprint density at radius 3 is 3.00 bits per heavy atom. The van der Waals surface area contributed by atoms with Gasteiger partial charge in [-0.3, -0.25) is 0 Å². The highest BCUT2D eigenvalue weighted by molar-refractivity contribution is 8.00. The summed E-state index contributed by atoms with van der Waals surface area (Å²) < 4.78 is 1.33. The summed E-state index contributed by atoms with van der Waals surface area (Å²) in [6, 6.07) is 8.49. The van der Waals surface area contributed by atoms with Crippen LogP contribution in [0.15, 0.2) is 29.6 Å². The molecule has 2 unspecified atom stereocenters. The molecule has 18 heavy (non-hydrogen) atoms. The largest absolute Gasteiger partial charge is 0.392 e. The van der Waals surface area contributed by atoms with Gasteiger partial charge in [-0.25, -0.2) is 0 Å². The van der Waals surface area contributed by atoms with Crippen LogP contribution in [-0.4, -0.2) is 22.2 Å². The lowest BCUT2D eigenvalue weighted by molar-refractivity contribution is 0.166. The van der Waals surface area contributed by atoms with Gasteiger partial charge >= 0.3 is 0 Å². The van der Waals surface area contributed by atoms with E-state index in [1.807, 2.05) is 11.8 Å². The fourth-order valence-corrected chi connectivity index (χ4v) is 4.92. The quantitative estimate of drug-likeness (QED) is 0.912. The zero-order valence-electron chi connectivity index (χ0n) is 10.3. The maximum absolute atomic E-state index is 10.4. The number of hydrogen-bond acceptors (Lipinski definition) is 3. The average molecular weight is 278 g/mol. The van der Waals surface area contributed by atoms with E-state index < -0.39 is 0 Å². The summed E-state index contributed by atoms with van der Waals surface area (Å²) in [5.41, 5.74) is 1.31. The summed E-state index contributed by atoms with van der Waals surface area (Å²) in [7, 11) is 0. The topological polar surface area (TPSA) is 20.2 Å². The first-order valence-corrected chi connectivity index (χ1v) is 8.52. The van der Waals surface area contributed by atoms with E-state index in [0.29, 0.717) is 5.25 Å². The Morgan fingerprint density at radius 2 is 2.17 bits per heavy atom. The van der Waals surface area contributed by atoms with E-state index in [-0.39, 0.29) is 6.10 Å². The van der Waals surface area contributed by atoms with Crippen molar-refractivity contribution in [3.05, 3.63) is 35.2 Å². The molecular formula is C15H18OS2. The number of aliphatic hydroxyl groups is 1. The first-order valence-electron chi connectivity index (χ1n) is 6.59. The molecule has 1 aromatic carbocycles. The van der Waals surface area contributed by atoms with Crippen molar-refractivity contribution in [2.24, 2.45) is 0 Å². The van der Waals surface area contributed by atoms with Crippen LogP contribution in [0.3, 0.4) is 0 Å². The number of benzene rings is 1. The standard InChI is InChI=1S/C15H18OS2/c16-13(15-7-3-4-8-17-15)9-11-10-18-14-6-2-1-5-12(11)14/h1-2,5-6,10,13,15-16H,3-4,7-9H2. The summed E-state index contributed by atoms with van der Waals surface area (Å²) >= 11 is 3.74. The molecule has 0 bridgehead atoms. The second kappa shape index (κ2) is 5.64. The van der Waals surface area contributed by atoms with Gasteiger partial charge in [-0.2, -0.15) is 11.8 Å². The van der Waals surface area contributed by atoms with Crippen molar-refractivity contribution in [1.82, 2.24) is 0 Å². The van der Waals surface area contributed by atoms with Gasteiger partial charge in [0, 0.05) is 16.4 Å². The van der Waals surface area contributed by atoms with Crippen LogP contribution in [0, 0.1) is 0 Å². The molecule has 1 aliphatic heterocycles. The van der Waals surface area contributed by atoms with Crippen molar-refractivity contribution in [3.63, 3.8) is 0 Å². The predicted octanol–water partition coefficient (Wildman–Crippen LogP) is 4.09.